The summed E-state index contributed by atoms with van der Waals surface area (Å²) in [5.41, 5.74) is 4.68. The summed E-state index contributed by atoms with van der Waals surface area (Å²) >= 11 is 0. The summed E-state index contributed by atoms with van der Waals surface area (Å²) in [5.74, 6) is 0.342. The summed E-state index contributed by atoms with van der Waals surface area (Å²) in [6, 6.07) is 12.5. The van der Waals surface area contributed by atoms with E-state index in [0.29, 0.717) is 5.92 Å². The summed E-state index contributed by atoms with van der Waals surface area (Å²) in [5, 5.41) is 0. The van der Waals surface area contributed by atoms with Gasteiger partial charge < -0.3 is 0 Å². The highest BCUT2D eigenvalue weighted by atomic mass is 14.7. The molecule has 0 aliphatic rings. The van der Waals surface area contributed by atoms with E-state index in [1.165, 1.54) is 16.7 Å². The maximum Gasteiger partial charge on any atom is 0.0705 e. The van der Waals surface area contributed by atoms with Crippen LogP contribution in [0.5, 0.6) is 0 Å². The number of rotatable bonds is 3. The molecule has 0 radical (unpaired) electrons. The Morgan fingerprint density at radius 1 is 1.18 bits per heavy atom. The van der Waals surface area contributed by atoms with E-state index >= 15 is 0 Å². The molecule has 1 nitrogen and oxygen atoms in total. The van der Waals surface area contributed by atoms with Crippen LogP contribution in [-0.4, -0.2) is 4.98 Å². The fourth-order valence-electron chi connectivity index (χ4n) is 1.88. The lowest BCUT2D eigenvalue weighted by Gasteiger charge is -2.12. The van der Waals surface area contributed by atoms with Crippen LogP contribution in [0, 0.1) is 6.92 Å². The zero-order chi connectivity index (χ0) is 12.3. The van der Waals surface area contributed by atoms with Gasteiger partial charge in [-0.3, -0.25) is 4.98 Å². The number of aryl methyl sites for hydroxylation is 1. The lowest BCUT2D eigenvalue weighted by Crippen LogP contribution is -1.94. The Labute approximate surface area is 103 Å². The molecule has 0 spiro atoms. The molecule has 1 unspecified atom stereocenters. The third-order valence-corrected chi connectivity index (χ3v) is 2.99. The van der Waals surface area contributed by atoms with Crippen molar-refractivity contribution in [2.24, 2.45) is 0 Å². The predicted molar refractivity (Wildman–Crippen MR) is 73.0 cm³/mol. The second kappa shape index (κ2) is 4.96. The third-order valence-electron chi connectivity index (χ3n) is 2.99. The van der Waals surface area contributed by atoms with E-state index in [1.54, 1.807) is 0 Å². The molecule has 0 bridgehead atoms. The van der Waals surface area contributed by atoms with E-state index in [0.717, 1.165) is 5.69 Å². The molecule has 2 aromatic rings. The summed E-state index contributed by atoms with van der Waals surface area (Å²) in [4.78, 5) is 4.49. The third kappa shape index (κ3) is 2.44. The Hall–Kier alpha value is -1.89. The minimum absolute atomic E-state index is 0.342. The van der Waals surface area contributed by atoms with Crippen molar-refractivity contribution in [1.82, 2.24) is 4.98 Å². The molecule has 0 N–H and O–H groups in total. The van der Waals surface area contributed by atoms with Crippen molar-refractivity contribution in [3.63, 3.8) is 0 Å². The van der Waals surface area contributed by atoms with E-state index in [9.17, 15) is 0 Å². The quantitative estimate of drug-likeness (QED) is 0.705. The molecule has 0 fully saturated rings. The van der Waals surface area contributed by atoms with Crippen molar-refractivity contribution in [2.45, 2.75) is 19.8 Å². The summed E-state index contributed by atoms with van der Waals surface area (Å²) < 4.78 is 0. The Balaban J connectivity index is 2.51. The van der Waals surface area contributed by atoms with Crippen molar-refractivity contribution in [1.29, 1.82) is 0 Å². The first-order chi connectivity index (χ1) is 8.22. The van der Waals surface area contributed by atoms with Gasteiger partial charge in [0.2, 0.25) is 0 Å². The van der Waals surface area contributed by atoms with Crippen molar-refractivity contribution < 1.29 is 0 Å². The number of hydrogen-bond donors (Lipinski definition) is 0. The van der Waals surface area contributed by atoms with Crippen LogP contribution in [0.25, 0.3) is 11.3 Å². The second-order valence-corrected chi connectivity index (χ2v) is 4.33. The van der Waals surface area contributed by atoms with Gasteiger partial charge in [0.1, 0.15) is 0 Å². The standard InChI is InChI=1S/C16H17N/c1-4-13(3)14-7-5-6-8-15(14)16-10-9-12(2)11-17-16/h4-11,13H,1H2,2-3H3. The van der Waals surface area contributed by atoms with Gasteiger partial charge in [0.15, 0.2) is 0 Å². The van der Waals surface area contributed by atoms with Crippen molar-refractivity contribution in [3.8, 4) is 11.3 Å². The molecule has 86 valence electrons. The van der Waals surface area contributed by atoms with Gasteiger partial charge in [-0.05, 0) is 30.0 Å². The van der Waals surface area contributed by atoms with Gasteiger partial charge in [-0.1, -0.05) is 43.3 Å². The van der Waals surface area contributed by atoms with Gasteiger partial charge in [-0.25, -0.2) is 0 Å². The molecule has 2 rings (SSSR count). The fraction of sp³-hybridized carbons (Fsp3) is 0.188. The molecule has 1 aromatic carbocycles. The van der Waals surface area contributed by atoms with Crippen LogP contribution in [0.15, 0.2) is 55.3 Å². The van der Waals surface area contributed by atoms with Crippen molar-refractivity contribution in [3.05, 3.63) is 66.4 Å². The highest BCUT2D eigenvalue weighted by Gasteiger charge is 2.09. The van der Waals surface area contributed by atoms with Crippen LogP contribution < -0.4 is 0 Å². The number of pyridine rings is 1. The molecule has 1 atom stereocenters. The number of nitrogens with zero attached hydrogens (tertiary/aromatic N) is 1. The molecule has 0 amide bonds. The minimum Gasteiger partial charge on any atom is -0.256 e. The van der Waals surface area contributed by atoms with E-state index in [4.69, 9.17) is 0 Å². The second-order valence-electron chi connectivity index (χ2n) is 4.33. The van der Waals surface area contributed by atoms with Crippen LogP contribution in [0.3, 0.4) is 0 Å². The van der Waals surface area contributed by atoms with Crippen molar-refractivity contribution >= 4 is 0 Å². The van der Waals surface area contributed by atoms with Crippen LogP contribution in [-0.2, 0) is 0 Å². The van der Waals surface area contributed by atoms with E-state index in [1.807, 2.05) is 12.3 Å². The molecule has 1 heterocycles. The summed E-state index contributed by atoms with van der Waals surface area (Å²) in [6.07, 6.45) is 3.87. The average molecular weight is 223 g/mol. The molecule has 17 heavy (non-hydrogen) atoms. The smallest absolute Gasteiger partial charge is 0.0705 e. The van der Waals surface area contributed by atoms with E-state index in [2.05, 4.69) is 61.8 Å². The highest BCUT2D eigenvalue weighted by Crippen LogP contribution is 2.28. The topological polar surface area (TPSA) is 12.9 Å². The largest absolute Gasteiger partial charge is 0.256 e. The minimum atomic E-state index is 0.342. The summed E-state index contributed by atoms with van der Waals surface area (Å²) in [7, 11) is 0. The monoisotopic (exact) mass is 223 g/mol. The molecule has 0 aliphatic carbocycles. The predicted octanol–water partition coefficient (Wildman–Crippen LogP) is 4.35. The van der Waals surface area contributed by atoms with Gasteiger partial charge in [-0.15, -0.1) is 6.58 Å². The number of benzene rings is 1. The molecule has 1 heteroatoms. The highest BCUT2D eigenvalue weighted by molar-refractivity contribution is 5.64. The molecule has 1 aromatic heterocycles. The zero-order valence-electron chi connectivity index (χ0n) is 10.4. The van der Waals surface area contributed by atoms with Crippen LogP contribution in [0.2, 0.25) is 0 Å². The van der Waals surface area contributed by atoms with Crippen LogP contribution >= 0.6 is 0 Å². The average Bonchev–Trinajstić information content (AvgIpc) is 2.39. The molecule has 0 saturated carbocycles. The molecular formula is C16H17N. The first kappa shape index (κ1) is 11.6. The first-order valence-electron chi connectivity index (χ1n) is 5.87. The molecule has 0 saturated heterocycles. The van der Waals surface area contributed by atoms with Crippen LogP contribution in [0.1, 0.15) is 24.0 Å². The maximum absolute atomic E-state index is 4.49. The number of aromatic nitrogens is 1. The number of allylic oxidation sites excluding steroid dienone is 1. The van der Waals surface area contributed by atoms with Crippen LogP contribution in [0.4, 0.5) is 0 Å². The fourth-order valence-corrected chi connectivity index (χ4v) is 1.88. The SMILES string of the molecule is C=CC(C)c1ccccc1-c1ccc(C)cn1. The Morgan fingerprint density at radius 2 is 1.94 bits per heavy atom. The maximum atomic E-state index is 4.49. The van der Waals surface area contributed by atoms with Gasteiger partial charge in [0.05, 0.1) is 5.69 Å². The van der Waals surface area contributed by atoms with Gasteiger partial charge in [0, 0.05) is 11.8 Å². The van der Waals surface area contributed by atoms with Gasteiger partial charge >= 0.3 is 0 Å². The lowest BCUT2D eigenvalue weighted by atomic mass is 9.94. The molecular weight excluding hydrogens is 206 g/mol. The first-order valence-corrected chi connectivity index (χ1v) is 5.87. The number of hydrogen-bond acceptors (Lipinski definition) is 1. The lowest BCUT2D eigenvalue weighted by molar-refractivity contribution is 0.971. The van der Waals surface area contributed by atoms with Gasteiger partial charge in [0.25, 0.3) is 0 Å². The zero-order valence-corrected chi connectivity index (χ0v) is 10.4. The Kier molecular flexibility index (Phi) is 3.38. The van der Waals surface area contributed by atoms with Crippen molar-refractivity contribution in [2.75, 3.05) is 0 Å². The Bertz CT molecular complexity index is 511. The normalized spacial score (nSPS) is 12.1. The summed E-state index contributed by atoms with van der Waals surface area (Å²) in [6.45, 7) is 8.07. The Morgan fingerprint density at radius 3 is 2.59 bits per heavy atom. The van der Waals surface area contributed by atoms with E-state index < -0.39 is 0 Å². The molecule has 0 aliphatic heterocycles. The van der Waals surface area contributed by atoms with E-state index in [-0.39, 0.29) is 0 Å². The van der Waals surface area contributed by atoms with Gasteiger partial charge in [-0.2, -0.15) is 0 Å².